The van der Waals surface area contributed by atoms with E-state index in [1.54, 1.807) is 6.20 Å². The summed E-state index contributed by atoms with van der Waals surface area (Å²) < 4.78 is 0. The van der Waals surface area contributed by atoms with Gasteiger partial charge in [0.05, 0.1) is 5.69 Å². The molecule has 1 aromatic heterocycles. The number of anilines is 1. The van der Waals surface area contributed by atoms with Crippen molar-refractivity contribution in [3.8, 4) is 11.3 Å². The van der Waals surface area contributed by atoms with Crippen LogP contribution in [0.1, 0.15) is 25.8 Å². The SMILES string of the molecule is CCCc1cccc(-c2ccnc(NCC)n2)c1. The van der Waals surface area contributed by atoms with Crippen LogP contribution in [-0.2, 0) is 6.42 Å². The quantitative estimate of drug-likeness (QED) is 0.870. The van der Waals surface area contributed by atoms with Gasteiger partial charge in [-0.3, -0.25) is 0 Å². The van der Waals surface area contributed by atoms with Crippen LogP contribution in [0, 0.1) is 0 Å². The van der Waals surface area contributed by atoms with E-state index in [1.165, 1.54) is 5.56 Å². The molecule has 0 radical (unpaired) electrons. The molecule has 0 aliphatic heterocycles. The molecular weight excluding hydrogens is 222 g/mol. The lowest BCUT2D eigenvalue weighted by molar-refractivity contribution is 0.922. The summed E-state index contributed by atoms with van der Waals surface area (Å²) in [6.45, 7) is 5.07. The molecule has 18 heavy (non-hydrogen) atoms. The molecule has 0 aliphatic rings. The Morgan fingerprint density at radius 3 is 2.83 bits per heavy atom. The molecular formula is C15H19N3. The van der Waals surface area contributed by atoms with Gasteiger partial charge in [-0.15, -0.1) is 0 Å². The number of nitrogens with zero attached hydrogens (tertiary/aromatic N) is 2. The second-order valence-corrected chi connectivity index (χ2v) is 4.25. The molecule has 1 heterocycles. The maximum absolute atomic E-state index is 4.51. The molecule has 0 bridgehead atoms. The lowest BCUT2D eigenvalue weighted by Crippen LogP contribution is -2.02. The van der Waals surface area contributed by atoms with Crippen molar-refractivity contribution in [2.24, 2.45) is 0 Å². The van der Waals surface area contributed by atoms with E-state index in [2.05, 4.69) is 46.5 Å². The zero-order chi connectivity index (χ0) is 12.8. The largest absolute Gasteiger partial charge is 0.354 e. The van der Waals surface area contributed by atoms with Crippen molar-refractivity contribution in [3.63, 3.8) is 0 Å². The van der Waals surface area contributed by atoms with Gasteiger partial charge in [-0.2, -0.15) is 0 Å². The second-order valence-electron chi connectivity index (χ2n) is 4.25. The average molecular weight is 241 g/mol. The van der Waals surface area contributed by atoms with Gasteiger partial charge in [-0.05, 0) is 31.0 Å². The van der Waals surface area contributed by atoms with E-state index in [9.17, 15) is 0 Å². The molecule has 0 unspecified atom stereocenters. The maximum Gasteiger partial charge on any atom is 0.223 e. The number of hydrogen-bond acceptors (Lipinski definition) is 3. The van der Waals surface area contributed by atoms with Crippen molar-refractivity contribution >= 4 is 5.95 Å². The molecule has 3 heteroatoms. The normalized spacial score (nSPS) is 10.3. The Morgan fingerprint density at radius 2 is 2.06 bits per heavy atom. The highest BCUT2D eigenvalue weighted by molar-refractivity contribution is 5.60. The number of benzene rings is 1. The molecule has 94 valence electrons. The lowest BCUT2D eigenvalue weighted by atomic mass is 10.0. The van der Waals surface area contributed by atoms with Gasteiger partial charge in [0.15, 0.2) is 0 Å². The Balaban J connectivity index is 2.29. The van der Waals surface area contributed by atoms with Crippen LogP contribution in [0.3, 0.4) is 0 Å². The lowest BCUT2D eigenvalue weighted by Gasteiger charge is -2.06. The molecule has 1 N–H and O–H groups in total. The maximum atomic E-state index is 4.51. The predicted octanol–water partition coefficient (Wildman–Crippen LogP) is 3.53. The fourth-order valence-electron chi connectivity index (χ4n) is 1.94. The number of aryl methyl sites for hydroxylation is 1. The summed E-state index contributed by atoms with van der Waals surface area (Å²) in [6.07, 6.45) is 4.07. The molecule has 2 aromatic rings. The minimum atomic E-state index is 0.691. The van der Waals surface area contributed by atoms with Crippen molar-refractivity contribution in [2.45, 2.75) is 26.7 Å². The first kappa shape index (κ1) is 12.6. The summed E-state index contributed by atoms with van der Waals surface area (Å²) in [7, 11) is 0. The van der Waals surface area contributed by atoms with Crippen LogP contribution in [0.5, 0.6) is 0 Å². The molecule has 0 atom stereocenters. The van der Waals surface area contributed by atoms with Crippen LogP contribution in [0.15, 0.2) is 36.5 Å². The molecule has 0 amide bonds. The van der Waals surface area contributed by atoms with Gasteiger partial charge in [0, 0.05) is 18.3 Å². The molecule has 0 saturated carbocycles. The fraction of sp³-hybridized carbons (Fsp3) is 0.333. The standard InChI is InChI=1S/C15H19N3/c1-3-6-12-7-5-8-13(11-12)14-9-10-17-15(18-14)16-4-2/h5,7-11H,3-4,6H2,1-2H3,(H,16,17,18). The highest BCUT2D eigenvalue weighted by atomic mass is 15.1. The minimum absolute atomic E-state index is 0.691. The third-order valence-electron chi connectivity index (χ3n) is 2.75. The van der Waals surface area contributed by atoms with Crippen molar-refractivity contribution in [1.82, 2.24) is 9.97 Å². The van der Waals surface area contributed by atoms with Gasteiger partial charge < -0.3 is 5.32 Å². The Labute approximate surface area is 108 Å². The first-order chi connectivity index (χ1) is 8.83. The molecule has 1 aromatic carbocycles. The van der Waals surface area contributed by atoms with E-state index in [4.69, 9.17) is 0 Å². The molecule has 0 aliphatic carbocycles. The Hall–Kier alpha value is -1.90. The second kappa shape index (κ2) is 6.15. The van der Waals surface area contributed by atoms with Crippen molar-refractivity contribution < 1.29 is 0 Å². The minimum Gasteiger partial charge on any atom is -0.354 e. The van der Waals surface area contributed by atoms with Gasteiger partial charge in [-0.1, -0.05) is 31.5 Å². The van der Waals surface area contributed by atoms with Crippen LogP contribution in [0.25, 0.3) is 11.3 Å². The van der Waals surface area contributed by atoms with Crippen molar-refractivity contribution in [1.29, 1.82) is 0 Å². The third-order valence-corrected chi connectivity index (χ3v) is 2.75. The van der Waals surface area contributed by atoms with Gasteiger partial charge in [0.25, 0.3) is 0 Å². The molecule has 0 saturated heterocycles. The number of hydrogen-bond donors (Lipinski definition) is 1. The highest BCUT2D eigenvalue weighted by Gasteiger charge is 2.02. The number of aromatic nitrogens is 2. The predicted molar refractivity (Wildman–Crippen MR) is 75.6 cm³/mol. The molecule has 2 rings (SSSR count). The van der Waals surface area contributed by atoms with E-state index in [-0.39, 0.29) is 0 Å². The summed E-state index contributed by atoms with van der Waals surface area (Å²) in [5.41, 5.74) is 3.49. The topological polar surface area (TPSA) is 37.8 Å². The van der Waals surface area contributed by atoms with E-state index in [0.29, 0.717) is 5.95 Å². The average Bonchev–Trinajstić information content (AvgIpc) is 2.40. The fourth-order valence-corrected chi connectivity index (χ4v) is 1.94. The van der Waals surface area contributed by atoms with Gasteiger partial charge >= 0.3 is 0 Å². The van der Waals surface area contributed by atoms with Gasteiger partial charge in [0.2, 0.25) is 5.95 Å². The Morgan fingerprint density at radius 1 is 1.17 bits per heavy atom. The molecule has 3 nitrogen and oxygen atoms in total. The van der Waals surface area contributed by atoms with E-state index in [0.717, 1.165) is 30.6 Å². The van der Waals surface area contributed by atoms with Crippen LogP contribution in [0.2, 0.25) is 0 Å². The van der Waals surface area contributed by atoms with Gasteiger partial charge in [0.1, 0.15) is 0 Å². The van der Waals surface area contributed by atoms with E-state index < -0.39 is 0 Å². The Bertz CT molecular complexity index is 461. The smallest absolute Gasteiger partial charge is 0.223 e. The Kier molecular flexibility index (Phi) is 4.29. The first-order valence-corrected chi connectivity index (χ1v) is 6.49. The zero-order valence-electron chi connectivity index (χ0n) is 11.0. The summed E-state index contributed by atoms with van der Waals surface area (Å²) in [5, 5.41) is 3.14. The first-order valence-electron chi connectivity index (χ1n) is 6.49. The summed E-state index contributed by atoms with van der Waals surface area (Å²) in [6, 6.07) is 10.5. The van der Waals surface area contributed by atoms with Gasteiger partial charge in [-0.25, -0.2) is 9.97 Å². The third kappa shape index (κ3) is 3.06. The summed E-state index contributed by atoms with van der Waals surface area (Å²) in [4.78, 5) is 8.70. The number of nitrogens with one attached hydrogen (secondary N) is 1. The van der Waals surface area contributed by atoms with E-state index in [1.807, 2.05) is 13.0 Å². The van der Waals surface area contributed by atoms with Crippen molar-refractivity contribution in [2.75, 3.05) is 11.9 Å². The monoisotopic (exact) mass is 241 g/mol. The number of rotatable bonds is 5. The highest BCUT2D eigenvalue weighted by Crippen LogP contribution is 2.19. The van der Waals surface area contributed by atoms with E-state index >= 15 is 0 Å². The van der Waals surface area contributed by atoms with Crippen molar-refractivity contribution in [3.05, 3.63) is 42.1 Å². The molecule has 0 fully saturated rings. The zero-order valence-corrected chi connectivity index (χ0v) is 11.0. The summed E-state index contributed by atoms with van der Waals surface area (Å²) in [5.74, 6) is 0.691. The summed E-state index contributed by atoms with van der Waals surface area (Å²) >= 11 is 0. The molecule has 0 spiro atoms. The van der Waals surface area contributed by atoms with Crippen LogP contribution >= 0.6 is 0 Å². The van der Waals surface area contributed by atoms with Crippen LogP contribution in [0.4, 0.5) is 5.95 Å². The van der Waals surface area contributed by atoms with Crippen LogP contribution < -0.4 is 5.32 Å². The van der Waals surface area contributed by atoms with Crippen LogP contribution in [-0.4, -0.2) is 16.5 Å².